The topological polar surface area (TPSA) is 99.9 Å². The smallest absolute Gasteiger partial charge is 0.431 e. The molecule has 0 spiro atoms. The highest BCUT2D eigenvalue weighted by molar-refractivity contribution is 5.75. The summed E-state index contributed by atoms with van der Waals surface area (Å²) >= 11 is 0. The molecule has 0 rings (SSSR count). The molecule has 0 aromatic carbocycles. The highest BCUT2D eigenvalue weighted by Crippen LogP contribution is 2.06. The largest absolute Gasteiger partial charge is 0.468 e. The summed E-state index contributed by atoms with van der Waals surface area (Å²) in [4.78, 5) is 26.8. The van der Waals surface area contributed by atoms with Crippen molar-refractivity contribution in [1.82, 2.24) is 5.48 Å². The van der Waals surface area contributed by atoms with Crippen LogP contribution in [0.1, 0.15) is 27.2 Å². The molecule has 0 aliphatic heterocycles. The molecular weight excluding hydrogens is 228 g/mol. The molecule has 0 aliphatic carbocycles. The van der Waals surface area contributed by atoms with E-state index in [-0.39, 0.29) is 13.0 Å². The van der Waals surface area contributed by atoms with Gasteiger partial charge in [0.1, 0.15) is 11.6 Å². The zero-order valence-electron chi connectivity index (χ0n) is 10.6. The number of carbonyl (C=O) groups excluding carboxylic acids is 2. The second kappa shape index (κ2) is 7.08. The summed E-state index contributed by atoms with van der Waals surface area (Å²) < 4.78 is 9.34. The number of ether oxygens (including phenoxy) is 2. The lowest BCUT2D eigenvalue weighted by Gasteiger charge is -2.19. The number of nitrogens with two attached hydrogens (primary N) is 1. The van der Waals surface area contributed by atoms with Gasteiger partial charge in [-0.15, -0.1) is 0 Å². The summed E-state index contributed by atoms with van der Waals surface area (Å²) in [6.45, 7) is 5.30. The Labute approximate surface area is 101 Å². The first-order valence-electron chi connectivity index (χ1n) is 5.20. The summed E-state index contributed by atoms with van der Waals surface area (Å²) in [7, 11) is 1.25. The lowest BCUT2D eigenvalue weighted by Crippen LogP contribution is -2.36. The average Bonchev–Trinajstić information content (AvgIpc) is 2.20. The van der Waals surface area contributed by atoms with E-state index < -0.39 is 23.7 Å². The van der Waals surface area contributed by atoms with Crippen LogP contribution in [0.3, 0.4) is 0 Å². The number of methoxy groups -OCH3 is 1. The maximum atomic E-state index is 11.1. The van der Waals surface area contributed by atoms with Crippen molar-refractivity contribution in [1.29, 1.82) is 0 Å². The van der Waals surface area contributed by atoms with E-state index in [2.05, 4.69) is 10.2 Å². The zero-order chi connectivity index (χ0) is 13.5. The quantitative estimate of drug-likeness (QED) is 0.413. The molecule has 17 heavy (non-hydrogen) atoms. The van der Waals surface area contributed by atoms with Crippen molar-refractivity contribution in [3.63, 3.8) is 0 Å². The van der Waals surface area contributed by atoms with E-state index in [4.69, 9.17) is 15.3 Å². The minimum absolute atomic E-state index is 0.0928. The Balaban J connectivity index is 3.65. The summed E-state index contributed by atoms with van der Waals surface area (Å²) in [6, 6.07) is -0.763. The van der Waals surface area contributed by atoms with Gasteiger partial charge in [-0.25, -0.2) is 4.79 Å². The van der Waals surface area contributed by atoms with Crippen molar-refractivity contribution in [2.75, 3.05) is 13.7 Å². The number of hydrogen-bond acceptors (Lipinski definition) is 6. The third kappa shape index (κ3) is 8.47. The van der Waals surface area contributed by atoms with Gasteiger partial charge in [0.25, 0.3) is 0 Å². The number of esters is 1. The Morgan fingerprint density at radius 2 is 1.94 bits per heavy atom. The highest BCUT2D eigenvalue weighted by Gasteiger charge is 2.17. The molecule has 0 aromatic rings. The summed E-state index contributed by atoms with van der Waals surface area (Å²) in [5, 5.41) is 0. The molecule has 0 radical (unpaired) electrons. The molecule has 0 heterocycles. The van der Waals surface area contributed by atoms with E-state index in [0.29, 0.717) is 0 Å². The van der Waals surface area contributed by atoms with E-state index in [1.807, 2.05) is 0 Å². The van der Waals surface area contributed by atoms with Gasteiger partial charge >= 0.3 is 12.1 Å². The van der Waals surface area contributed by atoms with E-state index in [0.717, 1.165) is 0 Å². The third-order valence-electron chi connectivity index (χ3n) is 1.59. The van der Waals surface area contributed by atoms with Crippen LogP contribution in [-0.4, -0.2) is 37.4 Å². The predicted molar refractivity (Wildman–Crippen MR) is 59.9 cm³/mol. The fourth-order valence-corrected chi connectivity index (χ4v) is 0.864. The molecule has 0 bridgehead atoms. The molecule has 0 saturated heterocycles. The first-order valence-corrected chi connectivity index (χ1v) is 5.20. The molecule has 7 heteroatoms. The molecule has 0 saturated carbocycles. The third-order valence-corrected chi connectivity index (χ3v) is 1.59. The van der Waals surface area contributed by atoms with E-state index in [9.17, 15) is 9.59 Å². The maximum Gasteiger partial charge on any atom is 0.431 e. The second-order valence-corrected chi connectivity index (χ2v) is 4.37. The normalized spacial score (nSPS) is 12.8. The van der Waals surface area contributed by atoms with E-state index >= 15 is 0 Å². The molecule has 1 atom stereocenters. The van der Waals surface area contributed by atoms with E-state index in [1.54, 1.807) is 20.8 Å². The molecule has 1 unspecified atom stereocenters. The molecule has 0 fully saturated rings. The summed E-state index contributed by atoms with van der Waals surface area (Å²) in [6.07, 6.45) is -0.452. The van der Waals surface area contributed by atoms with Gasteiger partial charge in [0, 0.05) is 0 Å². The van der Waals surface area contributed by atoms with Crippen molar-refractivity contribution in [2.45, 2.75) is 38.8 Å². The summed E-state index contributed by atoms with van der Waals surface area (Å²) in [5.41, 5.74) is 6.94. The van der Waals surface area contributed by atoms with Gasteiger partial charge < -0.3 is 15.2 Å². The molecule has 0 aromatic heterocycles. The Hall–Kier alpha value is -1.34. The van der Waals surface area contributed by atoms with Gasteiger partial charge in [-0.05, 0) is 27.2 Å². The Bertz CT molecular complexity index is 262. The van der Waals surface area contributed by atoms with Crippen molar-refractivity contribution in [2.24, 2.45) is 5.73 Å². The van der Waals surface area contributed by atoms with Crippen LogP contribution in [0.4, 0.5) is 4.79 Å². The van der Waals surface area contributed by atoms with Crippen LogP contribution < -0.4 is 11.2 Å². The lowest BCUT2D eigenvalue weighted by molar-refractivity contribution is -0.142. The Morgan fingerprint density at radius 1 is 1.35 bits per heavy atom. The molecule has 3 N–H and O–H groups in total. The first kappa shape index (κ1) is 15.7. The van der Waals surface area contributed by atoms with Crippen molar-refractivity contribution < 1.29 is 23.9 Å². The maximum absolute atomic E-state index is 11.1. The number of hydroxylamine groups is 1. The summed E-state index contributed by atoms with van der Waals surface area (Å²) in [5.74, 6) is -0.522. The molecule has 0 aliphatic rings. The fourth-order valence-electron chi connectivity index (χ4n) is 0.864. The number of hydrogen-bond donors (Lipinski definition) is 2. The molecule has 100 valence electrons. The van der Waals surface area contributed by atoms with Crippen molar-refractivity contribution >= 4 is 12.1 Å². The number of carbonyl (C=O) groups is 2. The highest BCUT2D eigenvalue weighted by atomic mass is 16.7. The van der Waals surface area contributed by atoms with Gasteiger partial charge in [0.05, 0.1) is 13.7 Å². The monoisotopic (exact) mass is 248 g/mol. The van der Waals surface area contributed by atoms with E-state index in [1.165, 1.54) is 7.11 Å². The first-order chi connectivity index (χ1) is 7.76. The minimum atomic E-state index is -0.763. The van der Waals surface area contributed by atoms with Gasteiger partial charge in [-0.3, -0.25) is 9.63 Å². The SMILES string of the molecule is COC(=O)C(N)CCONC(=O)OC(C)(C)C. The molecule has 7 nitrogen and oxygen atoms in total. The van der Waals surface area contributed by atoms with Crippen LogP contribution in [0.25, 0.3) is 0 Å². The second-order valence-electron chi connectivity index (χ2n) is 4.37. The fraction of sp³-hybridized carbons (Fsp3) is 0.800. The molecule has 1 amide bonds. The zero-order valence-corrected chi connectivity index (χ0v) is 10.6. The van der Waals surface area contributed by atoms with Crippen LogP contribution in [0.2, 0.25) is 0 Å². The molecular formula is C10H20N2O5. The van der Waals surface area contributed by atoms with Crippen LogP contribution in [0.15, 0.2) is 0 Å². The van der Waals surface area contributed by atoms with Crippen molar-refractivity contribution in [3.05, 3.63) is 0 Å². The standard InChI is InChI=1S/C10H20N2O5/c1-10(2,3)17-9(14)12-16-6-5-7(11)8(13)15-4/h7H,5-6,11H2,1-4H3,(H,12,14). The Morgan fingerprint density at radius 3 is 2.41 bits per heavy atom. The number of nitrogens with one attached hydrogen (secondary N) is 1. The van der Waals surface area contributed by atoms with Gasteiger partial charge in [-0.2, -0.15) is 5.48 Å². The average molecular weight is 248 g/mol. The van der Waals surface area contributed by atoms with Gasteiger partial charge in [-0.1, -0.05) is 0 Å². The van der Waals surface area contributed by atoms with Crippen LogP contribution in [-0.2, 0) is 19.1 Å². The van der Waals surface area contributed by atoms with Crippen LogP contribution >= 0.6 is 0 Å². The van der Waals surface area contributed by atoms with Gasteiger partial charge in [0.15, 0.2) is 0 Å². The number of rotatable bonds is 5. The van der Waals surface area contributed by atoms with Crippen LogP contribution in [0.5, 0.6) is 0 Å². The predicted octanol–water partition coefficient (Wildman–Crippen LogP) is 0.333. The van der Waals surface area contributed by atoms with Gasteiger partial charge in [0.2, 0.25) is 0 Å². The van der Waals surface area contributed by atoms with Crippen molar-refractivity contribution in [3.8, 4) is 0 Å². The van der Waals surface area contributed by atoms with Crippen LogP contribution in [0, 0.1) is 0 Å². The lowest BCUT2D eigenvalue weighted by atomic mass is 10.2. The minimum Gasteiger partial charge on any atom is -0.468 e. The number of amides is 1. The Kier molecular flexibility index (Phi) is 6.52.